The molecule has 2 aromatic rings. The molecule has 2 aromatic carbocycles. The van der Waals surface area contributed by atoms with Crippen molar-refractivity contribution < 1.29 is 9.90 Å². The van der Waals surface area contributed by atoms with Crippen molar-refractivity contribution in [1.82, 2.24) is 0 Å². The Morgan fingerprint density at radius 1 is 1.04 bits per heavy atom. The molecule has 0 saturated carbocycles. The molecule has 1 N–H and O–H groups in total. The third kappa shape index (κ3) is 2.90. The standard InChI is InChI=1S/C19H20O2S2/c1-3-22-19(23-4-2)17-13-9-6-5-8-12(13)16-14(17)10-7-11-15(16)18(20)21/h5-11,17,19H,3-4H2,1-2H3,(H,20,21). The number of thioether (sulfide) groups is 2. The topological polar surface area (TPSA) is 37.3 Å². The molecule has 0 aliphatic heterocycles. The van der Waals surface area contributed by atoms with Gasteiger partial charge in [0.15, 0.2) is 0 Å². The fourth-order valence-electron chi connectivity index (χ4n) is 3.33. The summed E-state index contributed by atoms with van der Waals surface area (Å²) in [6.45, 7) is 4.37. The Morgan fingerprint density at radius 3 is 2.35 bits per heavy atom. The summed E-state index contributed by atoms with van der Waals surface area (Å²) in [6.07, 6.45) is 0. The smallest absolute Gasteiger partial charge is 0.336 e. The lowest BCUT2D eigenvalue weighted by Crippen LogP contribution is -2.12. The Kier molecular flexibility index (Phi) is 5.02. The van der Waals surface area contributed by atoms with Crippen LogP contribution in [-0.4, -0.2) is 27.2 Å². The van der Waals surface area contributed by atoms with Gasteiger partial charge in [-0.1, -0.05) is 50.2 Å². The molecule has 0 saturated heterocycles. The molecule has 23 heavy (non-hydrogen) atoms. The highest BCUT2D eigenvalue weighted by Crippen LogP contribution is 2.52. The molecule has 0 bridgehead atoms. The Balaban J connectivity index is 2.20. The summed E-state index contributed by atoms with van der Waals surface area (Å²) in [5, 5.41) is 9.60. The summed E-state index contributed by atoms with van der Waals surface area (Å²) >= 11 is 3.91. The van der Waals surface area contributed by atoms with Gasteiger partial charge in [-0.3, -0.25) is 0 Å². The summed E-state index contributed by atoms with van der Waals surface area (Å²) < 4.78 is 0.413. The van der Waals surface area contributed by atoms with E-state index in [1.54, 1.807) is 6.07 Å². The molecule has 120 valence electrons. The third-order valence-corrected chi connectivity index (χ3v) is 6.85. The lowest BCUT2D eigenvalue weighted by Gasteiger charge is -2.24. The predicted octanol–water partition coefficient (Wildman–Crippen LogP) is 5.33. The first-order chi connectivity index (χ1) is 11.2. The van der Waals surface area contributed by atoms with Crippen LogP contribution in [-0.2, 0) is 0 Å². The summed E-state index contributed by atoms with van der Waals surface area (Å²) in [6, 6.07) is 14.0. The van der Waals surface area contributed by atoms with E-state index < -0.39 is 5.97 Å². The number of benzene rings is 2. The molecule has 1 atom stereocenters. The van der Waals surface area contributed by atoms with Crippen LogP contribution in [0.4, 0.5) is 0 Å². The highest BCUT2D eigenvalue weighted by Gasteiger charge is 2.36. The number of hydrogen-bond donors (Lipinski definition) is 1. The summed E-state index contributed by atoms with van der Waals surface area (Å²) in [5.41, 5.74) is 4.85. The van der Waals surface area contributed by atoms with Crippen LogP contribution in [0.2, 0.25) is 0 Å². The zero-order chi connectivity index (χ0) is 16.4. The van der Waals surface area contributed by atoms with Gasteiger partial charge in [-0.25, -0.2) is 4.79 Å². The summed E-state index contributed by atoms with van der Waals surface area (Å²) in [7, 11) is 0. The molecule has 1 aliphatic rings. The Morgan fingerprint density at radius 2 is 1.70 bits per heavy atom. The highest BCUT2D eigenvalue weighted by atomic mass is 32.2. The highest BCUT2D eigenvalue weighted by molar-refractivity contribution is 8.17. The molecule has 0 radical (unpaired) electrons. The van der Waals surface area contributed by atoms with Crippen LogP contribution in [0.3, 0.4) is 0 Å². The lowest BCUT2D eigenvalue weighted by atomic mass is 9.97. The molecular weight excluding hydrogens is 324 g/mol. The molecule has 0 spiro atoms. The monoisotopic (exact) mass is 344 g/mol. The molecule has 1 aliphatic carbocycles. The maximum atomic E-state index is 11.7. The van der Waals surface area contributed by atoms with Crippen molar-refractivity contribution in [2.75, 3.05) is 11.5 Å². The second-order valence-electron chi connectivity index (χ2n) is 5.42. The van der Waals surface area contributed by atoms with Crippen LogP contribution in [0.1, 0.15) is 41.3 Å². The molecule has 0 aromatic heterocycles. The third-order valence-electron chi connectivity index (χ3n) is 4.16. The average molecular weight is 345 g/mol. The zero-order valence-electron chi connectivity index (χ0n) is 13.3. The van der Waals surface area contributed by atoms with Crippen molar-refractivity contribution in [3.05, 3.63) is 59.2 Å². The maximum absolute atomic E-state index is 11.7. The summed E-state index contributed by atoms with van der Waals surface area (Å²) in [4.78, 5) is 11.7. The Bertz CT molecular complexity index is 721. The number of aromatic carboxylic acids is 1. The van der Waals surface area contributed by atoms with Gasteiger partial charge in [-0.15, -0.1) is 23.5 Å². The number of hydrogen-bond acceptors (Lipinski definition) is 3. The van der Waals surface area contributed by atoms with Gasteiger partial charge in [-0.05, 0) is 34.3 Å². The van der Waals surface area contributed by atoms with Gasteiger partial charge in [0.05, 0.1) is 10.1 Å². The van der Waals surface area contributed by atoms with Gasteiger partial charge in [0.25, 0.3) is 0 Å². The Hall–Kier alpha value is -1.39. The van der Waals surface area contributed by atoms with Gasteiger partial charge in [-0.2, -0.15) is 0 Å². The largest absolute Gasteiger partial charge is 0.478 e. The SMILES string of the molecule is CCSC(SCC)C1c2ccccc2-c2c(C(=O)O)cccc21. The van der Waals surface area contributed by atoms with E-state index in [2.05, 4.69) is 38.1 Å². The lowest BCUT2D eigenvalue weighted by molar-refractivity contribution is 0.0697. The minimum atomic E-state index is -0.847. The van der Waals surface area contributed by atoms with Crippen LogP contribution in [0.5, 0.6) is 0 Å². The van der Waals surface area contributed by atoms with E-state index in [9.17, 15) is 9.90 Å². The van der Waals surface area contributed by atoms with Gasteiger partial charge in [0, 0.05) is 11.5 Å². The van der Waals surface area contributed by atoms with Gasteiger partial charge in [0.2, 0.25) is 0 Å². The first kappa shape index (κ1) is 16.5. The second-order valence-corrected chi connectivity index (χ2v) is 8.55. The predicted molar refractivity (Wildman–Crippen MR) is 101 cm³/mol. The molecule has 0 amide bonds. The number of rotatable bonds is 6. The number of carbonyl (C=O) groups is 1. The van der Waals surface area contributed by atoms with Crippen LogP contribution in [0.25, 0.3) is 11.1 Å². The number of carboxylic acid groups (broad SMARTS) is 1. The van der Waals surface area contributed by atoms with E-state index >= 15 is 0 Å². The van der Waals surface area contributed by atoms with Crippen molar-refractivity contribution >= 4 is 29.5 Å². The van der Waals surface area contributed by atoms with Crippen molar-refractivity contribution in [2.45, 2.75) is 24.3 Å². The van der Waals surface area contributed by atoms with E-state index in [-0.39, 0.29) is 5.92 Å². The molecular formula is C19H20O2S2. The molecule has 3 rings (SSSR count). The van der Waals surface area contributed by atoms with Crippen molar-refractivity contribution in [1.29, 1.82) is 0 Å². The minimum absolute atomic E-state index is 0.260. The van der Waals surface area contributed by atoms with Gasteiger partial charge < -0.3 is 5.11 Å². The number of carboxylic acids is 1. The fraction of sp³-hybridized carbons (Fsp3) is 0.316. The van der Waals surface area contributed by atoms with Crippen LogP contribution >= 0.6 is 23.5 Å². The average Bonchev–Trinajstić information content (AvgIpc) is 2.89. The zero-order valence-corrected chi connectivity index (χ0v) is 14.9. The second kappa shape index (κ2) is 7.02. The van der Waals surface area contributed by atoms with E-state index in [0.29, 0.717) is 10.1 Å². The van der Waals surface area contributed by atoms with Crippen molar-refractivity contribution in [2.24, 2.45) is 0 Å². The Labute approximate surface area is 145 Å². The molecule has 4 heteroatoms. The van der Waals surface area contributed by atoms with Crippen LogP contribution in [0, 0.1) is 0 Å². The van der Waals surface area contributed by atoms with E-state index in [0.717, 1.165) is 28.2 Å². The first-order valence-electron chi connectivity index (χ1n) is 7.87. The van der Waals surface area contributed by atoms with Crippen molar-refractivity contribution in [3.63, 3.8) is 0 Å². The fourth-order valence-corrected chi connectivity index (χ4v) is 6.16. The number of fused-ring (bicyclic) bond motifs is 3. The summed E-state index contributed by atoms with van der Waals surface area (Å²) in [5.74, 6) is 1.53. The molecule has 0 fully saturated rings. The minimum Gasteiger partial charge on any atom is -0.478 e. The molecule has 2 nitrogen and oxygen atoms in total. The normalized spacial score (nSPS) is 15.5. The van der Waals surface area contributed by atoms with E-state index in [4.69, 9.17) is 0 Å². The molecule has 0 heterocycles. The first-order valence-corrected chi connectivity index (χ1v) is 9.97. The molecule has 1 unspecified atom stereocenters. The van der Waals surface area contributed by atoms with E-state index in [1.807, 2.05) is 35.7 Å². The van der Waals surface area contributed by atoms with Crippen molar-refractivity contribution in [3.8, 4) is 11.1 Å². The van der Waals surface area contributed by atoms with Crippen LogP contribution < -0.4 is 0 Å². The quantitative estimate of drug-likeness (QED) is 0.719. The van der Waals surface area contributed by atoms with E-state index in [1.165, 1.54) is 5.56 Å². The van der Waals surface area contributed by atoms with Gasteiger partial charge in [0.1, 0.15) is 0 Å². The van der Waals surface area contributed by atoms with Crippen LogP contribution in [0.15, 0.2) is 42.5 Å². The van der Waals surface area contributed by atoms with Gasteiger partial charge >= 0.3 is 5.97 Å². The maximum Gasteiger partial charge on any atom is 0.336 e.